The lowest BCUT2D eigenvalue weighted by Gasteiger charge is -2.33. The number of amides is 1. The van der Waals surface area contributed by atoms with Gasteiger partial charge in [-0.05, 0) is 48.8 Å². The number of carbonyl (C=O) groups is 1. The molecule has 0 bridgehead atoms. The van der Waals surface area contributed by atoms with Crippen LogP contribution in [0.5, 0.6) is 0 Å². The van der Waals surface area contributed by atoms with Crippen LogP contribution < -0.4 is 9.80 Å². The lowest BCUT2D eigenvalue weighted by atomic mass is 9.90. The van der Waals surface area contributed by atoms with Gasteiger partial charge in [-0.25, -0.2) is 0 Å². The van der Waals surface area contributed by atoms with Gasteiger partial charge in [0.1, 0.15) is 0 Å². The topological polar surface area (TPSA) is 23.6 Å². The summed E-state index contributed by atoms with van der Waals surface area (Å²) < 4.78 is 0. The lowest BCUT2D eigenvalue weighted by molar-refractivity contribution is -0.120. The molecule has 0 aromatic heterocycles. The molecule has 3 nitrogen and oxygen atoms in total. The van der Waals surface area contributed by atoms with Gasteiger partial charge in [0, 0.05) is 37.4 Å². The minimum absolute atomic E-state index is 0.0429. The summed E-state index contributed by atoms with van der Waals surface area (Å²) in [6.07, 6.45) is 5.34. The Kier molecular flexibility index (Phi) is 4.16. The number of fused-ring (bicyclic) bond motifs is 1. The maximum atomic E-state index is 12.7. The van der Waals surface area contributed by atoms with E-state index in [1.54, 1.807) is 0 Å². The Balaban J connectivity index is 1.87. The van der Waals surface area contributed by atoms with Crippen LogP contribution in [0, 0.1) is 5.41 Å². The van der Waals surface area contributed by atoms with Gasteiger partial charge in [-0.15, -0.1) is 0 Å². The van der Waals surface area contributed by atoms with Crippen molar-refractivity contribution in [1.82, 2.24) is 0 Å². The van der Waals surface area contributed by atoms with E-state index in [1.165, 1.54) is 24.1 Å². The summed E-state index contributed by atoms with van der Waals surface area (Å²) in [6.45, 7) is 9.57. The van der Waals surface area contributed by atoms with Crippen LogP contribution in [0.4, 0.5) is 11.4 Å². The van der Waals surface area contributed by atoms with Crippen LogP contribution in [0.2, 0.25) is 0 Å². The first-order chi connectivity index (χ1) is 10.4. The Morgan fingerprint density at radius 1 is 1.09 bits per heavy atom. The molecule has 2 heterocycles. The van der Waals surface area contributed by atoms with Crippen molar-refractivity contribution >= 4 is 17.3 Å². The fourth-order valence-electron chi connectivity index (χ4n) is 3.54. The standard InChI is InChI=1S/C19H28N2O/c1-19(2,3)14-18(22)21-12-6-7-15-8-9-16(13-17(15)21)20-10-4-5-11-20/h8-9,13H,4-7,10-12,14H2,1-3H3. The molecule has 1 aromatic rings. The summed E-state index contributed by atoms with van der Waals surface area (Å²) in [5.41, 5.74) is 3.81. The van der Waals surface area contributed by atoms with Crippen molar-refractivity contribution in [3.8, 4) is 0 Å². The molecule has 2 aliphatic rings. The molecule has 3 heteroatoms. The lowest BCUT2D eigenvalue weighted by Crippen LogP contribution is -2.37. The molecule has 1 aromatic carbocycles. The average Bonchev–Trinajstić information content (AvgIpc) is 2.98. The highest BCUT2D eigenvalue weighted by molar-refractivity contribution is 5.95. The number of hydrogen-bond acceptors (Lipinski definition) is 2. The Hall–Kier alpha value is -1.51. The van der Waals surface area contributed by atoms with Crippen LogP contribution in [0.1, 0.15) is 52.0 Å². The van der Waals surface area contributed by atoms with Gasteiger partial charge in [-0.2, -0.15) is 0 Å². The Morgan fingerprint density at radius 2 is 1.82 bits per heavy atom. The maximum Gasteiger partial charge on any atom is 0.227 e. The third-order valence-corrected chi connectivity index (χ3v) is 4.64. The zero-order valence-corrected chi connectivity index (χ0v) is 14.2. The molecule has 1 saturated heterocycles. The second-order valence-electron chi connectivity index (χ2n) is 7.89. The van der Waals surface area contributed by atoms with Crippen molar-refractivity contribution in [2.24, 2.45) is 5.41 Å². The van der Waals surface area contributed by atoms with Crippen molar-refractivity contribution in [3.63, 3.8) is 0 Å². The quantitative estimate of drug-likeness (QED) is 0.824. The van der Waals surface area contributed by atoms with E-state index in [0.717, 1.165) is 38.2 Å². The van der Waals surface area contributed by atoms with Crippen LogP contribution in [0.15, 0.2) is 18.2 Å². The summed E-state index contributed by atoms with van der Waals surface area (Å²) in [5.74, 6) is 0.270. The van der Waals surface area contributed by atoms with Crippen LogP contribution in [-0.2, 0) is 11.2 Å². The van der Waals surface area contributed by atoms with E-state index in [0.29, 0.717) is 6.42 Å². The number of anilines is 2. The fourth-order valence-corrected chi connectivity index (χ4v) is 3.54. The monoisotopic (exact) mass is 300 g/mol. The molecule has 3 rings (SSSR count). The van der Waals surface area contributed by atoms with Crippen molar-refractivity contribution in [2.75, 3.05) is 29.4 Å². The van der Waals surface area contributed by atoms with E-state index in [-0.39, 0.29) is 11.3 Å². The van der Waals surface area contributed by atoms with Gasteiger partial charge in [0.15, 0.2) is 0 Å². The smallest absolute Gasteiger partial charge is 0.227 e. The van der Waals surface area contributed by atoms with E-state index >= 15 is 0 Å². The third kappa shape index (κ3) is 3.29. The Bertz CT molecular complexity index is 553. The Labute approximate surface area is 134 Å². The minimum Gasteiger partial charge on any atom is -0.371 e. The zero-order chi connectivity index (χ0) is 15.7. The maximum absolute atomic E-state index is 12.7. The fraction of sp³-hybridized carbons (Fsp3) is 0.632. The van der Waals surface area contributed by atoms with Crippen molar-refractivity contribution in [2.45, 2.75) is 52.9 Å². The highest BCUT2D eigenvalue weighted by Gasteiger charge is 2.27. The number of aryl methyl sites for hydroxylation is 1. The number of benzene rings is 1. The average molecular weight is 300 g/mol. The largest absolute Gasteiger partial charge is 0.371 e. The SMILES string of the molecule is CC(C)(C)CC(=O)N1CCCc2ccc(N3CCCC3)cc21. The predicted octanol–water partition coefficient (Wildman–Crippen LogP) is 4.00. The van der Waals surface area contributed by atoms with Crippen LogP contribution in [0.3, 0.4) is 0 Å². The van der Waals surface area contributed by atoms with Crippen LogP contribution in [-0.4, -0.2) is 25.5 Å². The van der Waals surface area contributed by atoms with Crippen molar-refractivity contribution in [3.05, 3.63) is 23.8 Å². The molecule has 2 aliphatic heterocycles. The number of hydrogen-bond donors (Lipinski definition) is 0. The molecule has 1 fully saturated rings. The molecule has 0 N–H and O–H groups in total. The first-order valence-corrected chi connectivity index (χ1v) is 8.62. The van der Waals surface area contributed by atoms with Gasteiger partial charge >= 0.3 is 0 Å². The van der Waals surface area contributed by atoms with Crippen molar-refractivity contribution in [1.29, 1.82) is 0 Å². The molecule has 22 heavy (non-hydrogen) atoms. The van der Waals surface area contributed by atoms with E-state index in [4.69, 9.17) is 0 Å². The van der Waals surface area contributed by atoms with Gasteiger partial charge in [0.2, 0.25) is 5.91 Å². The van der Waals surface area contributed by atoms with Gasteiger partial charge in [0.25, 0.3) is 0 Å². The zero-order valence-electron chi connectivity index (χ0n) is 14.2. The second kappa shape index (κ2) is 5.94. The Morgan fingerprint density at radius 3 is 2.50 bits per heavy atom. The van der Waals surface area contributed by atoms with Gasteiger partial charge < -0.3 is 9.80 Å². The highest BCUT2D eigenvalue weighted by atomic mass is 16.2. The number of nitrogens with zero attached hydrogens (tertiary/aromatic N) is 2. The van der Waals surface area contributed by atoms with Crippen LogP contribution in [0.25, 0.3) is 0 Å². The molecule has 120 valence electrons. The van der Waals surface area contributed by atoms with E-state index in [1.807, 2.05) is 4.90 Å². The van der Waals surface area contributed by atoms with Crippen LogP contribution >= 0.6 is 0 Å². The van der Waals surface area contributed by atoms with E-state index < -0.39 is 0 Å². The number of carbonyl (C=O) groups excluding carboxylic acids is 1. The molecule has 0 radical (unpaired) electrons. The predicted molar refractivity (Wildman–Crippen MR) is 92.6 cm³/mol. The molecule has 0 aliphatic carbocycles. The summed E-state index contributed by atoms with van der Waals surface area (Å²) in [7, 11) is 0. The second-order valence-corrected chi connectivity index (χ2v) is 7.89. The molecule has 1 amide bonds. The van der Waals surface area contributed by atoms with Gasteiger partial charge in [-0.1, -0.05) is 26.8 Å². The molecular weight excluding hydrogens is 272 g/mol. The summed E-state index contributed by atoms with van der Waals surface area (Å²) in [5, 5.41) is 0. The van der Waals surface area contributed by atoms with E-state index in [2.05, 4.69) is 43.9 Å². The van der Waals surface area contributed by atoms with E-state index in [9.17, 15) is 4.79 Å². The van der Waals surface area contributed by atoms with Crippen molar-refractivity contribution < 1.29 is 4.79 Å². The summed E-state index contributed by atoms with van der Waals surface area (Å²) in [4.78, 5) is 17.2. The molecule has 0 saturated carbocycles. The first-order valence-electron chi connectivity index (χ1n) is 8.62. The number of rotatable bonds is 2. The summed E-state index contributed by atoms with van der Waals surface area (Å²) >= 11 is 0. The molecule has 0 atom stereocenters. The van der Waals surface area contributed by atoms with Gasteiger partial charge in [-0.3, -0.25) is 4.79 Å². The molecule has 0 unspecified atom stereocenters. The third-order valence-electron chi connectivity index (χ3n) is 4.64. The minimum atomic E-state index is 0.0429. The summed E-state index contributed by atoms with van der Waals surface area (Å²) in [6, 6.07) is 6.72. The van der Waals surface area contributed by atoms with Gasteiger partial charge in [0.05, 0.1) is 0 Å². The molecule has 0 spiro atoms. The first kappa shape index (κ1) is 15.4. The normalized spacial score (nSPS) is 18.5. The molecular formula is C19H28N2O. The highest BCUT2D eigenvalue weighted by Crippen LogP contribution is 2.34.